The Bertz CT molecular complexity index is 365. The number of esters is 2. The quantitative estimate of drug-likeness (QED) is 0.221. The van der Waals surface area contributed by atoms with Crippen molar-refractivity contribution in [3.63, 3.8) is 0 Å². The molecule has 0 aliphatic heterocycles. The summed E-state index contributed by atoms with van der Waals surface area (Å²) in [6.45, 7) is 5.96. The fourth-order valence-corrected chi connectivity index (χ4v) is 1.96. The molecule has 6 nitrogen and oxygen atoms in total. The standard InChI is InChI=1S/C20H34O6/c1-3-5-7-9-11-19(21)25-17-15-23-13-14-24-16-18-26-20(22)12-10-8-6-4-2/h3-6H,7-18H2,1-2H3/b5-3-,6-4-. The second kappa shape index (κ2) is 19.7. The van der Waals surface area contributed by atoms with E-state index in [2.05, 4.69) is 0 Å². The SMILES string of the molecule is C/C=C\CCCC(=O)OCCOCCOCCOC(=O)CCC/C=C\C. The first-order valence-corrected chi connectivity index (χ1v) is 9.39. The molecular formula is C20H34O6. The van der Waals surface area contributed by atoms with Gasteiger partial charge in [0.25, 0.3) is 0 Å². The van der Waals surface area contributed by atoms with Gasteiger partial charge in [-0.2, -0.15) is 0 Å². The van der Waals surface area contributed by atoms with Crippen LogP contribution in [-0.4, -0.2) is 51.6 Å². The Balaban J connectivity index is 3.26. The Kier molecular flexibility index (Phi) is 18.4. The van der Waals surface area contributed by atoms with Gasteiger partial charge in [-0.3, -0.25) is 9.59 Å². The number of carbonyl (C=O) groups is 2. The lowest BCUT2D eigenvalue weighted by atomic mass is 10.2. The van der Waals surface area contributed by atoms with Gasteiger partial charge in [-0.15, -0.1) is 0 Å². The molecule has 0 atom stereocenters. The lowest BCUT2D eigenvalue weighted by Gasteiger charge is -2.07. The highest BCUT2D eigenvalue weighted by molar-refractivity contribution is 5.69. The van der Waals surface area contributed by atoms with Crippen LogP contribution >= 0.6 is 0 Å². The molecule has 0 heterocycles. The molecule has 0 aliphatic carbocycles. The van der Waals surface area contributed by atoms with Gasteiger partial charge < -0.3 is 18.9 Å². The molecule has 0 spiro atoms. The smallest absolute Gasteiger partial charge is 0.305 e. The van der Waals surface area contributed by atoms with Crippen LogP contribution in [0, 0.1) is 0 Å². The number of hydrogen-bond acceptors (Lipinski definition) is 6. The summed E-state index contributed by atoms with van der Waals surface area (Å²) in [6, 6.07) is 0. The van der Waals surface area contributed by atoms with Gasteiger partial charge in [0.05, 0.1) is 26.4 Å². The van der Waals surface area contributed by atoms with Crippen LogP contribution < -0.4 is 0 Å². The van der Waals surface area contributed by atoms with Gasteiger partial charge in [-0.25, -0.2) is 0 Å². The van der Waals surface area contributed by atoms with E-state index in [9.17, 15) is 9.59 Å². The molecule has 0 fully saturated rings. The first kappa shape index (κ1) is 24.3. The number of carbonyl (C=O) groups excluding carboxylic acids is 2. The lowest BCUT2D eigenvalue weighted by molar-refractivity contribution is -0.147. The van der Waals surface area contributed by atoms with Gasteiger partial charge in [0, 0.05) is 12.8 Å². The van der Waals surface area contributed by atoms with E-state index in [0.717, 1.165) is 25.7 Å². The molecule has 0 aromatic rings. The van der Waals surface area contributed by atoms with Crippen LogP contribution in [0.25, 0.3) is 0 Å². The molecule has 0 aromatic heterocycles. The molecule has 0 radical (unpaired) electrons. The maximum Gasteiger partial charge on any atom is 0.305 e. The second-order valence-corrected chi connectivity index (χ2v) is 5.59. The molecular weight excluding hydrogens is 336 g/mol. The predicted molar refractivity (Wildman–Crippen MR) is 101 cm³/mol. The Hall–Kier alpha value is -1.66. The third-order valence-corrected chi connectivity index (χ3v) is 3.33. The van der Waals surface area contributed by atoms with Crippen molar-refractivity contribution in [1.29, 1.82) is 0 Å². The Morgan fingerprint density at radius 2 is 1.04 bits per heavy atom. The average molecular weight is 370 g/mol. The number of ether oxygens (including phenoxy) is 4. The van der Waals surface area contributed by atoms with Gasteiger partial charge in [0.2, 0.25) is 0 Å². The van der Waals surface area contributed by atoms with Gasteiger partial charge in [0.1, 0.15) is 13.2 Å². The van der Waals surface area contributed by atoms with E-state index in [1.54, 1.807) is 0 Å². The van der Waals surface area contributed by atoms with Gasteiger partial charge in [-0.05, 0) is 39.5 Å². The van der Waals surface area contributed by atoms with Crippen LogP contribution in [0.1, 0.15) is 52.4 Å². The van der Waals surface area contributed by atoms with E-state index in [4.69, 9.17) is 18.9 Å². The first-order chi connectivity index (χ1) is 12.7. The molecule has 0 aliphatic rings. The summed E-state index contributed by atoms with van der Waals surface area (Å²) in [7, 11) is 0. The van der Waals surface area contributed by atoms with Crippen LogP contribution in [0.2, 0.25) is 0 Å². The molecule has 0 aromatic carbocycles. The van der Waals surface area contributed by atoms with Crippen molar-refractivity contribution in [2.75, 3.05) is 39.6 Å². The Morgan fingerprint density at radius 3 is 1.42 bits per heavy atom. The summed E-state index contributed by atoms with van der Waals surface area (Å²) in [5.74, 6) is -0.385. The summed E-state index contributed by atoms with van der Waals surface area (Å²) in [5.41, 5.74) is 0. The van der Waals surface area contributed by atoms with Gasteiger partial charge in [-0.1, -0.05) is 24.3 Å². The summed E-state index contributed by atoms with van der Waals surface area (Å²) >= 11 is 0. The van der Waals surface area contributed by atoms with Crippen LogP contribution in [0.5, 0.6) is 0 Å². The van der Waals surface area contributed by atoms with Crippen molar-refractivity contribution >= 4 is 11.9 Å². The van der Waals surface area contributed by atoms with Gasteiger partial charge in [0.15, 0.2) is 0 Å². The molecule has 0 amide bonds. The largest absolute Gasteiger partial charge is 0.463 e. The number of unbranched alkanes of at least 4 members (excludes halogenated alkanes) is 2. The molecule has 0 saturated carbocycles. The minimum atomic E-state index is -0.193. The number of hydrogen-bond donors (Lipinski definition) is 0. The third kappa shape index (κ3) is 18.7. The monoisotopic (exact) mass is 370 g/mol. The topological polar surface area (TPSA) is 71.1 Å². The van der Waals surface area contributed by atoms with E-state index >= 15 is 0 Å². The van der Waals surface area contributed by atoms with E-state index < -0.39 is 0 Å². The van der Waals surface area contributed by atoms with Crippen LogP contribution in [0.4, 0.5) is 0 Å². The van der Waals surface area contributed by atoms with Crippen molar-refractivity contribution in [3.05, 3.63) is 24.3 Å². The van der Waals surface area contributed by atoms with E-state index in [-0.39, 0.29) is 25.2 Å². The molecule has 26 heavy (non-hydrogen) atoms. The van der Waals surface area contributed by atoms with E-state index in [1.807, 2.05) is 38.2 Å². The fraction of sp³-hybridized carbons (Fsp3) is 0.700. The summed E-state index contributed by atoms with van der Waals surface area (Å²) in [5, 5.41) is 0. The van der Waals surface area contributed by atoms with Crippen LogP contribution in [-0.2, 0) is 28.5 Å². The van der Waals surface area contributed by atoms with Crippen LogP contribution in [0.15, 0.2) is 24.3 Å². The number of rotatable bonds is 17. The number of allylic oxidation sites excluding steroid dienone is 4. The highest BCUT2D eigenvalue weighted by Gasteiger charge is 2.02. The molecule has 0 rings (SSSR count). The molecule has 0 unspecified atom stereocenters. The summed E-state index contributed by atoms with van der Waals surface area (Å²) in [4.78, 5) is 22.8. The van der Waals surface area contributed by atoms with Crippen molar-refractivity contribution in [2.45, 2.75) is 52.4 Å². The molecule has 150 valence electrons. The Labute approximate surface area is 157 Å². The highest BCUT2D eigenvalue weighted by Crippen LogP contribution is 1.99. The first-order valence-electron chi connectivity index (χ1n) is 9.39. The molecule has 0 saturated heterocycles. The lowest BCUT2D eigenvalue weighted by Crippen LogP contribution is -2.15. The van der Waals surface area contributed by atoms with E-state index in [0.29, 0.717) is 39.3 Å². The zero-order valence-corrected chi connectivity index (χ0v) is 16.2. The van der Waals surface area contributed by atoms with Crippen molar-refractivity contribution in [1.82, 2.24) is 0 Å². The van der Waals surface area contributed by atoms with Crippen molar-refractivity contribution in [2.24, 2.45) is 0 Å². The summed E-state index contributed by atoms with van der Waals surface area (Å²) < 4.78 is 20.7. The third-order valence-electron chi connectivity index (χ3n) is 3.33. The minimum absolute atomic E-state index is 0.193. The zero-order valence-electron chi connectivity index (χ0n) is 16.2. The van der Waals surface area contributed by atoms with Gasteiger partial charge >= 0.3 is 11.9 Å². The fourth-order valence-electron chi connectivity index (χ4n) is 1.96. The maximum atomic E-state index is 11.4. The molecule has 6 heteroatoms. The second-order valence-electron chi connectivity index (χ2n) is 5.59. The van der Waals surface area contributed by atoms with Crippen LogP contribution in [0.3, 0.4) is 0 Å². The zero-order chi connectivity index (χ0) is 19.3. The van der Waals surface area contributed by atoms with Crippen molar-refractivity contribution in [3.8, 4) is 0 Å². The highest BCUT2D eigenvalue weighted by atomic mass is 16.6. The summed E-state index contributed by atoms with van der Waals surface area (Å²) in [6.07, 6.45) is 12.3. The normalized spacial score (nSPS) is 11.3. The predicted octanol–water partition coefficient (Wildman–Crippen LogP) is 3.60. The Morgan fingerprint density at radius 1 is 0.654 bits per heavy atom. The average Bonchev–Trinajstić information content (AvgIpc) is 2.64. The molecule has 0 N–H and O–H groups in total. The van der Waals surface area contributed by atoms with Crippen molar-refractivity contribution < 1.29 is 28.5 Å². The minimum Gasteiger partial charge on any atom is -0.463 e. The maximum absolute atomic E-state index is 11.4. The van der Waals surface area contributed by atoms with E-state index in [1.165, 1.54) is 0 Å². The molecule has 0 bridgehead atoms.